The van der Waals surface area contributed by atoms with Gasteiger partial charge in [-0.25, -0.2) is 13.8 Å². The summed E-state index contributed by atoms with van der Waals surface area (Å²) in [6, 6.07) is 11.0. The van der Waals surface area contributed by atoms with Crippen LogP contribution >= 0.6 is 11.6 Å². The lowest BCUT2D eigenvalue weighted by Gasteiger charge is -2.15. The highest BCUT2D eigenvalue weighted by atomic mass is 35.5. The van der Waals surface area contributed by atoms with Crippen molar-refractivity contribution in [3.05, 3.63) is 82.6 Å². The zero-order valence-electron chi connectivity index (χ0n) is 25.5. The standard InChI is InChI=1S/C28H26ClF2N3O3.C4H10.CH4O/c1-4-5-6-24(35)37-16(2)34-15-21(27(36)25-22(30)11-12-23(32-3)26(25)31)20-13-18(14-33-28(20)34)17-7-9-19(29)10-8-17;1-3-4-2;1-2/h7-16,32H,4-6H2,1-3H3;3-4H2,1-2H3;2H,1H3. The quantitative estimate of drug-likeness (QED) is 0.137. The Labute approximate surface area is 256 Å². The van der Waals surface area contributed by atoms with Gasteiger partial charge in [0.05, 0.1) is 16.8 Å². The number of pyridine rings is 1. The van der Waals surface area contributed by atoms with E-state index in [1.54, 1.807) is 43.5 Å². The number of hydrogen-bond acceptors (Lipinski definition) is 6. The van der Waals surface area contributed by atoms with Gasteiger partial charge in [0.2, 0.25) is 5.78 Å². The fourth-order valence-corrected chi connectivity index (χ4v) is 4.23. The predicted molar refractivity (Wildman–Crippen MR) is 169 cm³/mol. The predicted octanol–water partition coefficient (Wildman–Crippen LogP) is 8.57. The zero-order valence-corrected chi connectivity index (χ0v) is 26.3. The van der Waals surface area contributed by atoms with Crippen molar-refractivity contribution in [3.63, 3.8) is 0 Å². The smallest absolute Gasteiger partial charge is 0.307 e. The minimum atomic E-state index is -0.991. The Morgan fingerprint density at radius 2 is 1.67 bits per heavy atom. The molecule has 2 heterocycles. The van der Waals surface area contributed by atoms with Crippen LogP contribution in [0.25, 0.3) is 22.2 Å². The van der Waals surface area contributed by atoms with Crippen LogP contribution in [0.3, 0.4) is 0 Å². The van der Waals surface area contributed by atoms with Crippen molar-refractivity contribution in [2.45, 2.75) is 66.0 Å². The van der Waals surface area contributed by atoms with E-state index in [-0.39, 0.29) is 23.6 Å². The number of carbonyl (C=O) groups is 2. The van der Waals surface area contributed by atoms with Crippen LogP contribution in [0.5, 0.6) is 0 Å². The van der Waals surface area contributed by atoms with E-state index in [1.165, 1.54) is 36.7 Å². The van der Waals surface area contributed by atoms with Crippen molar-refractivity contribution in [3.8, 4) is 11.1 Å². The lowest BCUT2D eigenvalue weighted by Crippen LogP contribution is -2.14. The van der Waals surface area contributed by atoms with Crippen molar-refractivity contribution < 1.29 is 28.2 Å². The second kappa shape index (κ2) is 17.3. The molecule has 1 unspecified atom stereocenters. The van der Waals surface area contributed by atoms with Gasteiger partial charge in [-0.1, -0.05) is 63.8 Å². The van der Waals surface area contributed by atoms with Crippen LogP contribution < -0.4 is 5.32 Å². The summed E-state index contributed by atoms with van der Waals surface area (Å²) in [6.45, 7) is 7.98. The highest BCUT2D eigenvalue weighted by Gasteiger charge is 2.27. The lowest BCUT2D eigenvalue weighted by molar-refractivity contribution is -0.152. The van der Waals surface area contributed by atoms with Crippen molar-refractivity contribution in [1.29, 1.82) is 0 Å². The van der Waals surface area contributed by atoms with Crippen LogP contribution in [0.2, 0.25) is 5.02 Å². The molecular weight excluding hydrogens is 576 g/mol. The molecule has 10 heteroatoms. The minimum absolute atomic E-state index is 0.00770. The molecule has 1 atom stereocenters. The number of carbonyl (C=O) groups excluding carboxylic acids is 2. The third-order valence-corrected chi connectivity index (χ3v) is 6.86. The summed E-state index contributed by atoms with van der Waals surface area (Å²) in [5.41, 5.74) is 1.14. The number of aliphatic hydroxyl groups is 1. The van der Waals surface area contributed by atoms with E-state index < -0.39 is 29.2 Å². The molecule has 0 saturated carbocycles. The van der Waals surface area contributed by atoms with E-state index in [0.29, 0.717) is 28.0 Å². The number of aliphatic hydroxyl groups excluding tert-OH is 1. The molecule has 7 nitrogen and oxygen atoms in total. The van der Waals surface area contributed by atoms with E-state index in [2.05, 4.69) is 24.1 Å². The van der Waals surface area contributed by atoms with Gasteiger partial charge in [-0.05, 0) is 49.2 Å². The number of esters is 1. The normalized spacial score (nSPS) is 11.1. The van der Waals surface area contributed by atoms with Crippen LogP contribution in [-0.4, -0.2) is 40.6 Å². The summed E-state index contributed by atoms with van der Waals surface area (Å²) in [6.07, 6.45) is 6.66. The van der Waals surface area contributed by atoms with Gasteiger partial charge in [0.1, 0.15) is 11.5 Å². The molecule has 2 aromatic carbocycles. The van der Waals surface area contributed by atoms with Gasteiger partial charge in [-0.3, -0.25) is 14.2 Å². The van der Waals surface area contributed by atoms with Crippen LogP contribution in [0.1, 0.15) is 81.9 Å². The molecule has 0 bridgehead atoms. The van der Waals surface area contributed by atoms with Crippen LogP contribution in [0.4, 0.5) is 14.5 Å². The topological polar surface area (TPSA) is 93.5 Å². The maximum Gasteiger partial charge on any atom is 0.307 e. The number of hydrogen-bond donors (Lipinski definition) is 2. The van der Waals surface area contributed by atoms with E-state index in [1.807, 2.05) is 6.92 Å². The summed E-state index contributed by atoms with van der Waals surface area (Å²) < 4.78 is 36.9. The summed E-state index contributed by atoms with van der Waals surface area (Å²) in [4.78, 5) is 30.4. The van der Waals surface area contributed by atoms with Gasteiger partial charge >= 0.3 is 5.97 Å². The second-order valence-corrected chi connectivity index (χ2v) is 10.0. The number of halogens is 3. The van der Waals surface area contributed by atoms with Gasteiger partial charge in [0.15, 0.2) is 12.0 Å². The zero-order chi connectivity index (χ0) is 32.1. The average Bonchev–Trinajstić information content (AvgIpc) is 3.40. The number of aromatic nitrogens is 2. The highest BCUT2D eigenvalue weighted by Crippen LogP contribution is 2.32. The first-order valence-electron chi connectivity index (χ1n) is 14.3. The third kappa shape index (κ3) is 8.84. The number of fused-ring (bicyclic) bond motifs is 1. The number of anilines is 1. The molecule has 0 radical (unpaired) electrons. The number of rotatable bonds is 10. The first-order valence-corrected chi connectivity index (χ1v) is 14.7. The summed E-state index contributed by atoms with van der Waals surface area (Å²) in [7, 11) is 2.48. The molecule has 4 rings (SSSR count). The molecule has 0 spiro atoms. The molecule has 43 heavy (non-hydrogen) atoms. The molecule has 0 aliphatic rings. The first kappa shape index (κ1) is 35.4. The maximum absolute atomic E-state index is 15.1. The van der Waals surface area contributed by atoms with Gasteiger partial charge in [0.25, 0.3) is 0 Å². The molecular formula is C33H40ClF2N3O4. The highest BCUT2D eigenvalue weighted by molar-refractivity contribution is 6.30. The Kier molecular flexibility index (Phi) is 14.3. The molecule has 0 aliphatic heterocycles. The fraction of sp³-hybridized carbons (Fsp3) is 0.364. The molecule has 232 valence electrons. The first-order chi connectivity index (χ1) is 20.7. The van der Waals surface area contributed by atoms with E-state index in [4.69, 9.17) is 21.4 Å². The molecule has 2 aromatic heterocycles. The lowest BCUT2D eigenvalue weighted by atomic mass is 10.00. The molecule has 0 amide bonds. The van der Waals surface area contributed by atoms with Gasteiger partial charge in [0, 0.05) is 48.9 Å². The van der Waals surface area contributed by atoms with Crippen LogP contribution in [0.15, 0.2) is 54.9 Å². The fourth-order valence-electron chi connectivity index (χ4n) is 4.11. The molecule has 2 N–H and O–H groups in total. The number of nitrogens with zero attached hydrogens (tertiary/aromatic N) is 2. The van der Waals surface area contributed by atoms with E-state index >= 15 is 4.39 Å². The molecule has 4 aromatic rings. The number of benzene rings is 2. The number of unbranched alkanes of at least 4 members (excludes halogenated alkanes) is 2. The summed E-state index contributed by atoms with van der Waals surface area (Å²) in [5.74, 6) is -3.21. The van der Waals surface area contributed by atoms with Gasteiger partial charge < -0.3 is 15.2 Å². The van der Waals surface area contributed by atoms with Gasteiger partial charge in [-0.2, -0.15) is 0 Å². The van der Waals surface area contributed by atoms with Gasteiger partial charge in [-0.15, -0.1) is 0 Å². The minimum Gasteiger partial charge on any atom is -0.441 e. The largest absolute Gasteiger partial charge is 0.441 e. The Hall–Kier alpha value is -3.82. The summed E-state index contributed by atoms with van der Waals surface area (Å²) in [5, 5.41) is 10.6. The van der Waals surface area contributed by atoms with Crippen LogP contribution in [-0.2, 0) is 9.53 Å². The summed E-state index contributed by atoms with van der Waals surface area (Å²) >= 11 is 6.01. The molecule has 0 fully saturated rings. The van der Waals surface area contributed by atoms with Crippen molar-refractivity contribution in [2.75, 3.05) is 19.5 Å². The van der Waals surface area contributed by atoms with Crippen LogP contribution in [0, 0.1) is 11.6 Å². The SMILES string of the molecule is CCCC.CCCCC(=O)OC(C)n1cc(C(=O)c2c(F)ccc(NC)c2F)c2cc(-c3ccc(Cl)cc3)cnc21.CO. The average molecular weight is 616 g/mol. The number of ether oxygens (including phenoxy) is 1. The molecule has 0 aliphatic carbocycles. The Balaban J connectivity index is 0.000000993. The Morgan fingerprint density at radius 1 is 1.02 bits per heavy atom. The Bertz CT molecular complexity index is 1500. The van der Waals surface area contributed by atoms with Crippen molar-refractivity contribution >= 4 is 40.1 Å². The molecule has 0 saturated heterocycles. The van der Waals surface area contributed by atoms with E-state index in [0.717, 1.165) is 25.2 Å². The Morgan fingerprint density at radius 3 is 2.26 bits per heavy atom. The number of ketones is 1. The maximum atomic E-state index is 15.1. The third-order valence-electron chi connectivity index (χ3n) is 6.61. The monoisotopic (exact) mass is 615 g/mol. The van der Waals surface area contributed by atoms with E-state index in [9.17, 15) is 14.0 Å². The van der Waals surface area contributed by atoms with Crippen molar-refractivity contribution in [1.82, 2.24) is 9.55 Å². The van der Waals surface area contributed by atoms with Crippen molar-refractivity contribution in [2.24, 2.45) is 0 Å². The number of nitrogens with one attached hydrogen (secondary N) is 1. The second-order valence-electron chi connectivity index (χ2n) is 9.61.